The standard InChI is InChI=1S/C14H13NO5S/c1-10-3-6-12(7-4-10)20-21(18,19)13-8-5-11(2)14(9-13)15(16)17/h3-9H,1-2H3. The molecule has 0 aromatic heterocycles. The van der Waals surface area contributed by atoms with Crippen molar-refractivity contribution in [2.45, 2.75) is 18.7 Å². The van der Waals surface area contributed by atoms with E-state index in [4.69, 9.17) is 4.18 Å². The molecule has 2 aromatic carbocycles. The highest BCUT2D eigenvalue weighted by atomic mass is 32.2. The van der Waals surface area contributed by atoms with Crippen molar-refractivity contribution < 1.29 is 17.5 Å². The number of nitro groups is 1. The van der Waals surface area contributed by atoms with Gasteiger partial charge in [-0.25, -0.2) is 0 Å². The van der Waals surface area contributed by atoms with Crippen LogP contribution in [0.1, 0.15) is 11.1 Å². The third kappa shape index (κ3) is 3.38. The molecule has 21 heavy (non-hydrogen) atoms. The van der Waals surface area contributed by atoms with Crippen molar-refractivity contribution in [2.24, 2.45) is 0 Å². The first-order chi connectivity index (χ1) is 9.79. The fourth-order valence-electron chi connectivity index (χ4n) is 1.71. The van der Waals surface area contributed by atoms with Crippen molar-refractivity contribution in [2.75, 3.05) is 0 Å². The van der Waals surface area contributed by atoms with Crippen LogP contribution in [0.15, 0.2) is 47.4 Å². The minimum atomic E-state index is -4.10. The lowest BCUT2D eigenvalue weighted by molar-refractivity contribution is -0.385. The van der Waals surface area contributed by atoms with E-state index in [1.165, 1.54) is 31.2 Å². The molecule has 0 unspecified atom stereocenters. The number of rotatable bonds is 4. The maximum atomic E-state index is 12.1. The Labute approximate surface area is 122 Å². The lowest BCUT2D eigenvalue weighted by Gasteiger charge is -2.07. The van der Waals surface area contributed by atoms with E-state index in [-0.39, 0.29) is 16.3 Å². The Kier molecular flexibility index (Phi) is 3.95. The number of nitro benzene ring substituents is 1. The van der Waals surface area contributed by atoms with E-state index in [1.807, 2.05) is 6.92 Å². The quantitative estimate of drug-likeness (QED) is 0.492. The zero-order chi connectivity index (χ0) is 15.6. The van der Waals surface area contributed by atoms with Gasteiger partial charge in [0.1, 0.15) is 10.6 Å². The van der Waals surface area contributed by atoms with Gasteiger partial charge in [-0.2, -0.15) is 8.42 Å². The summed E-state index contributed by atoms with van der Waals surface area (Å²) in [6.07, 6.45) is 0. The predicted octanol–water partition coefficient (Wildman–Crippen LogP) is 2.98. The van der Waals surface area contributed by atoms with Gasteiger partial charge in [0.25, 0.3) is 5.69 Å². The number of nitrogens with zero attached hydrogens (tertiary/aromatic N) is 1. The van der Waals surface area contributed by atoms with Crippen molar-refractivity contribution in [1.82, 2.24) is 0 Å². The minimum Gasteiger partial charge on any atom is -0.379 e. The topological polar surface area (TPSA) is 86.5 Å². The molecule has 0 amide bonds. The molecule has 6 nitrogen and oxygen atoms in total. The summed E-state index contributed by atoms with van der Waals surface area (Å²) in [6, 6.07) is 10.1. The maximum Gasteiger partial charge on any atom is 0.339 e. The summed E-state index contributed by atoms with van der Waals surface area (Å²) < 4.78 is 29.2. The van der Waals surface area contributed by atoms with Gasteiger partial charge >= 0.3 is 10.1 Å². The van der Waals surface area contributed by atoms with E-state index >= 15 is 0 Å². The van der Waals surface area contributed by atoms with Gasteiger partial charge in [0.15, 0.2) is 0 Å². The first-order valence-corrected chi connectivity index (χ1v) is 7.46. The average Bonchev–Trinajstić information content (AvgIpc) is 2.41. The predicted molar refractivity (Wildman–Crippen MR) is 76.8 cm³/mol. The number of aryl methyl sites for hydroxylation is 2. The van der Waals surface area contributed by atoms with E-state index in [0.29, 0.717) is 5.56 Å². The molecule has 7 heteroatoms. The summed E-state index contributed by atoms with van der Waals surface area (Å²) in [7, 11) is -4.10. The minimum absolute atomic E-state index is 0.156. The number of benzene rings is 2. The SMILES string of the molecule is Cc1ccc(OS(=O)(=O)c2ccc(C)c([N+](=O)[O-])c2)cc1. The van der Waals surface area contributed by atoms with Crippen LogP contribution in [-0.2, 0) is 10.1 Å². The van der Waals surface area contributed by atoms with Crippen LogP contribution < -0.4 is 4.18 Å². The van der Waals surface area contributed by atoms with Crippen LogP contribution in [0.3, 0.4) is 0 Å². The average molecular weight is 307 g/mol. The lowest BCUT2D eigenvalue weighted by Crippen LogP contribution is -2.10. The summed E-state index contributed by atoms with van der Waals surface area (Å²) in [5, 5.41) is 10.9. The number of hydrogen-bond donors (Lipinski definition) is 0. The molecule has 0 bridgehead atoms. The Morgan fingerprint density at radius 2 is 1.67 bits per heavy atom. The molecule has 0 spiro atoms. The van der Waals surface area contributed by atoms with E-state index < -0.39 is 15.0 Å². The third-order valence-electron chi connectivity index (χ3n) is 2.89. The Balaban J connectivity index is 2.38. The fourth-order valence-corrected chi connectivity index (χ4v) is 2.66. The number of hydrogen-bond acceptors (Lipinski definition) is 5. The molecule has 0 fully saturated rings. The van der Waals surface area contributed by atoms with Gasteiger partial charge in [-0.15, -0.1) is 0 Å². The van der Waals surface area contributed by atoms with Crippen LogP contribution >= 0.6 is 0 Å². The molecule has 2 aromatic rings. The Bertz CT molecular complexity index is 782. The highest BCUT2D eigenvalue weighted by Crippen LogP contribution is 2.25. The summed E-state index contributed by atoms with van der Waals surface area (Å²) in [5.41, 5.74) is 1.09. The molecule has 0 aliphatic heterocycles. The van der Waals surface area contributed by atoms with Crippen LogP contribution in [-0.4, -0.2) is 13.3 Å². The molecule has 2 rings (SSSR count). The molecule has 0 radical (unpaired) electrons. The molecule has 0 N–H and O–H groups in total. The van der Waals surface area contributed by atoms with Gasteiger partial charge in [-0.3, -0.25) is 10.1 Å². The molecule has 110 valence electrons. The Hall–Kier alpha value is -2.41. The Morgan fingerprint density at radius 3 is 2.24 bits per heavy atom. The fraction of sp³-hybridized carbons (Fsp3) is 0.143. The zero-order valence-electron chi connectivity index (χ0n) is 11.4. The smallest absolute Gasteiger partial charge is 0.339 e. The van der Waals surface area contributed by atoms with Crippen molar-refractivity contribution in [3.63, 3.8) is 0 Å². The Morgan fingerprint density at radius 1 is 1.05 bits per heavy atom. The van der Waals surface area contributed by atoms with Gasteiger partial charge in [-0.05, 0) is 32.0 Å². The second kappa shape index (κ2) is 5.53. The maximum absolute atomic E-state index is 12.1. The summed E-state index contributed by atoms with van der Waals surface area (Å²) in [5.74, 6) is 0.156. The highest BCUT2D eigenvalue weighted by molar-refractivity contribution is 7.87. The van der Waals surface area contributed by atoms with Gasteiger partial charge in [0, 0.05) is 11.6 Å². The summed E-state index contributed by atoms with van der Waals surface area (Å²) in [4.78, 5) is 9.99. The van der Waals surface area contributed by atoms with Crippen LogP contribution in [0.25, 0.3) is 0 Å². The zero-order valence-corrected chi connectivity index (χ0v) is 12.3. The molecule has 0 aliphatic rings. The van der Waals surface area contributed by atoms with Crippen molar-refractivity contribution in [3.05, 3.63) is 63.7 Å². The third-order valence-corrected chi connectivity index (χ3v) is 4.14. The second-order valence-electron chi connectivity index (χ2n) is 4.56. The molecular formula is C14H13NO5S. The van der Waals surface area contributed by atoms with Crippen LogP contribution in [0.4, 0.5) is 5.69 Å². The van der Waals surface area contributed by atoms with Crippen LogP contribution in [0.2, 0.25) is 0 Å². The van der Waals surface area contributed by atoms with Gasteiger partial charge in [-0.1, -0.05) is 23.8 Å². The summed E-state index contributed by atoms with van der Waals surface area (Å²) >= 11 is 0. The van der Waals surface area contributed by atoms with E-state index in [1.54, 1.807) is 12.1 Å². The first-order valence-electron chi connectivity index (χ1n) is 6.06. The van der Waals surface area contributed by atoms with E-state index in [2.05, 4.69) is 0 Å². The normalized spacial score (nSPS) is 11.1. The second-order valence-corrected chi connectivity index (χ2v) is 6.10. The van der Waals surface area contributed by atoms with Crippen LogP contribution in [0, 0.1) is 24.0 Å². The van der Waals surface area contributed by atoms with Gasteiger partial charge < -0.3 is 4.18 Å². The van der Waals surface area contributed by atoms with Crippen molar-refractivity contribution in [3.8, 4) is 5.75 Å². The van der Waals surface area contributed by atoms with E-state index in [9.17, 15) is 18.5 Å². The molecular weight excluding hydrogens is 294 g/mol. The lowest BCUT2D eigenvalue weighted by atomic mass is 10.2. The molecule has 0 heterocycles. The van der Waals surface area contributed by atoms with Crippen LogP contribution in [0.5, 0.6) is 5.75 Å². The molecule has 0 atom stereocenters. The molecule has 0 aliphatic carbocycles. The van der Waals surface area contributed by atoms with Gasteiger partial charge in [0.05, 0.1) is 4.92 Å². The molecule has 0 saturated heterocycles. The first kappa shape index (κ1) is 15.0. The monoisotopic (exact) mass is 307 g/mol. The molecule has 0 saturated carbocycles. The summed E-state index contributed by atoms with van der Waals surface area (Å²) in [6.45, 7) is 3.40. The van der Waals surface area contributed by atoms with Gasteiger partial charge in [0.2, 0.25) is 0 Å². The van der Waals surface area contributed by atoms with Crippen molar-refractivity contribution in [1.29, 1.82) is 0 Å². The largest absolute Gasteiger partial charge is 0.379 e. The van der Waals surface area contributed by atoms with Crippen molar-refractivity contribution >= 4 is 15.8 Å². The highest BCUT2D eigenvalue weighted by Gasteiger charge is 2.21. The van der Waals surface area contributed by atoms with E-state index in [0.717, 1.165) is 11.6 Å².